The van der Waals surface area contributed by atoms with Crippen molar-refractivity contribution in [1.29, 1.82) is 0 Å². The number of aromatic nitrogens is 2. The zero-order valence-electron chi connectivity index (χ0n) is 17.7. The number of carbonyl (C=O) groups excluding carboxylic acids is 1. The molecule has 2 heterocycles. The van der Waals surface area contributed by atoms with E-state index in [1.54, 1.807) is 18.3 Å². The minimum Gasteiger partial charge on any atom is -0.371 e. The van der Waals surface area contributed by atoms with Crippen LogP contribution in [0.2, 0.25) is 10.0 Å². The van der Waals surface area contributed by atoms with Gasteiger partial charge in [-0.1, -0.05) is 35.8 Å². The summed E-state index contributed by atoms with van der Waals surface area (Å²) in [7, 11) is 0. The van der Waals surface area contributed by atoms with Gasteiger partial charge < -0.3 is 10.2 Å². The van der Waals surface area contributed by atoms with Gasteiger partial charge in [0.25, 0.3) is 0 Å². The zero-order valence-corrected chi connectivity index (χ0v) is 19.2. The third-order valence-corrected chi connectivity index (χ3v) is 5.90. The molecule has 0 bridgehead atoms. The van der Waals surface area contributed by atoms with Gasteiger partial charge in [0.15, 0.2) is 5.78 Å². The molecule has 1 aromatic heterocycles. The summed E-state index contributed by atoms with van der Waals surface area (Å²) in [5.74, 6) is 0.354. The lowest BCUT2D eigenvalue weighted by Crippen LogP contribution is -2.29. The number of allylic oxidation sites excluding steroid dienone is 1. The number of rotatable bonds is 7. The second kappa shape index (κ2) is 10.2. The third-order valence-electron chi connectivity index (χ3n) is 5.40. The fourth-order valence-corrected chi connectivity index (χ4v) is 4.31. The maximum absolute atomic E-state index is 11.8. The number of benzene rings is 2. The highest BCUT2D eigenvalue weighted by atomic mass is 35.5. The molecular formula is C25H24Cl2N4O. The molecule has 1 saturated heterocycles. The van der Waals surface area contributed by atoms with Crippen LogP contribution in [0.1, 0.15) is 24.8 Å². The average molecular weight is 467 g/mol. The lowest BCUT2D eigenvalue weighted by Gasteiger charge is -2.29. The van der Waals surface area contributed by atoms with Crippen molar-refractivity contribution < 1.29 is 4.79 Å². The Morgan fingerprint density at radius 2 is 1.94 bits per heavy atom. The Bertz CT molecular complexity index is 1140. The maximum atomic E-state index is 11.8. The molecule has 0 saturated carbocycles. The molecule has 0 atom stereocenters. The molecule has 1 aliphatic heterocycles. The van der Waals surface area contributed by atoms with Crippen LogP contribution in [0.5, 0.6) is 0 Å². The van der Waals surface area contributed by atoms with Gasteiger partial charge in [0.2, 0.25) is 5.95 Å². The summed E-state index contributed by atoms with van der Waals surface area (Å²) in [6.07, 6.45) is 6.83. The van der Waals surface area contributed by atoms with Crippen molar-refractivity contribution in [2.24, 2.45) is 0 Å². The van der Waals surface area contributed by atoms with Crippen LogP contribution in [0.4, 0.5) is 17.3 Å². The highest BCUT2D eigenvalue weighted by molar-refractivity contribution is 6.33. The van der Waals surface area contributed by atoms with Crippen LogP contribution in [-0.2, 0) is 11.2 Å². The largest absolute Gasteiger partial charge is 0.371 e. The van der Waals surface area contributed by atoms with E-state index in [1.807, 2.05) is 18.2 Å². The van der Waals surface area contributed by atoms with Crippen molar-refractivity contribution in [3.05, 3.63) is 76.9 Å². The SMILES string of the molecule is C=CC(=O)Cc1cc(Cl)cc(-c2nc(Nc3cccc(N4CCCCC4)c3)ncc2Cl)c1. The first kappa shape index (κ1) is 22.3. The summed E-state index contributed by atoms with van der Waals surface area (Å²) in [5.41, 5.74) is 4.14. The Balaban J connectivity index is 1.60. The van der Waals surface area contributed by atoms with Gasteiger partial charge in [-0.15, -0.1) is 0 Å². The topological polar surface area (TPSA) is 58.1 Å². The van der Waals surface area contributed by atoms with Gasteiger partial charge in [0.1, 0.15) is 0 Å². The normalized spacial score (nSPS) is 13.6. The molecule has 3 aromatic rings. The molecule has 5 nitrogen and oxygen atoms in total. The van der Waals surface area contributed by atoms with Crippen LogP contribution < -0.4 is 10.2 Å². The fourth-order valence-electron chi connectivity index (χ4n) is 3.85. The van der Waals surface area contributed by atoms with Crippen LogP contribution >= 0.6 is 23.2 Å². The predicted molar refractivity (Wildman–Crippen MR) is 132 cm³/mol. The van der Waals surface area contributed by atoms with E-state index in [0.717, 1.165) is 29.9 Å². The van der Waals surface area contributed by atoms with Crippen LogP contribution in [-0.4, -0.2) is 28.8 Å². The van der Waals surface area contributed by atoms with E-state index in [1.165, 1.54) is 31.0 Å². The average Bonchev–Trinajstić information content (AvgIpc) is 2.80. The minimum absolute atomic E-state index is 0.0806. The van der Waals surface area contributed by atoms with E-state index in [-0.39, 0.29) is 12.2 Å². The van der Waals surface area contributed by atoms with Gasteiger partial charge in [-0.05, 0) is 67.3 Å². The molecule has 0 aliphatic carbocycles. The molecule has 0 unspecified atom stereocenters. The Labute approximate surface area is 198 Å². The summed E-state index contributed by atoms with van der Waals surface area (Å²) in [4.78, 5) is 23.2. The van der Waals surface area contributed by atoms with Crippen LogP contribution in [0.25, 0.3) is 11.3 Å². The number of nitrogens with zero attached hydrogens (tertiary/aromatic N) is 3. The third kappa shape index (κ3) is 5.47. The zero-order chi connectivity index (χ0) is 22.5. The van der Waals surface area contributed by atoms with Crippen molar-refractivity contribution in [2.45, 2.75) is 25.7 Å². The lowest BCUT2D eigenvalue weighted by atomic mass is 10.0. The van der Waals surface area contributed by atoms with E-state index in [0.29, 0.717) is 21.7 Å². The van der Waals surface area contributed by atoms with Gasteiger partial charge in [-0.2, -0.15) is 0 Å². The van der Waals surface area contributed by atoms with Gasteiger partial charge in [-0.3, -0.25) is 4.79 Å². The first-order valence-corrected chi connectivity index (χ1v) is 11.4. The second-order valence-corrected chi connectivity index (χ2v) is 8.65. The van der Waals surface area contributed by atoms with Crippen molar-refractivity contribution in [1.82, 2.24) is 9.97 Å². The monoisotopic (exact) mass is 466 g/mol. The molecule has 32 heavy (non-hydrogen) atoms. The molecule has 0 spiro atoms. The molecule has 1 N–H and O–H groups in total. The van der Waals surface area contributed by atoms with Crippen molar-refractivity contribution in [2.75, 3.05) is 23.3 Å². The Morgan fingerprint density at radius 3 is 2.72 bits per heavy atom. The minimum atomic E-state index is -0.0806. The molecule has 164 valence electrons. The fraction of sp³-hybridized carbons (Fsp3) is 0.240. The summed E-state index contributed by atoms with van der Waals surface area (Å²) < 4.78 is 0. The van der Waals surface area contributed by atoms with Gasteiger partial charge in [0.05, 0.1) is 16.9 Å². The number of nitrogens with one attached hydrogen (secondary N) is 1. The first-order valence-electron chi connectivity index (χ1n) is 10.6. The molecule has 2 aromatic carbocycles. The number of halogens is 2. The van der Waals surface area contributed by atoms with Crippen molar-refractivity contribution in [3.8, 4) is 11.3 Å². The predicted octanol–water partition coefficient (Wildman–Crippen LogP) is 6.48. The lowest BCUT2D eigenvalue weighted by molar-refractivity contribution is -0.114. The molecule has 4 rings (SSSR count). The quantitative estimate of drug-likeness (QED) is 0.403. The van der Waals surface area contributed by atoms with E-state index in [2.05, 4.69) is 38.9 Å². The standard InChI is InChI=1S/C25H24Cl2N4O/c1-2-22(32)13-17-11-18(14-19(26)12-17)24-23(27)16-28-25(30-24)29-20-7-6-8-21(15-20)31-9-4-3-5-10-31/h2,6-8,11-12,14-16H,1,3-5,9-10,13H2,(H,28,29,30). The van der Waals surface area contributed by atoms with Crippen LogP contribution in [0.3, 0.4) is 0 Å². The summed E-state index contributed by atoms with van der Waals surface area (Å²) in [6, 6.07) is 13.7. The van der Waals surface area contributed by atoms with E-state index < -0.39 is 0 Å². The molecule has 7 heteroatoms. The highest BCUT2D eigenvalue weighted by Gasteiger charge is 2.14. The van der Waals surface area contributed by atoms with Gasteiger partial charge >= 0.3 is 0 Å². The number of anilines is 3. The number of piperidine rings is 1. The Hall–Kier alpha value is -2.89. The molecule has 1 fully saturated rings. The van der Waals surface area contributed by atoms with E-state index >= 15 is 0 Å². The van der Waals surface area contributed by atoms with E-state index in [9.17, 15) is 4.79 Å². The summed E-state index contributed by atoms with van der Waals surface area (Å²) >= 11 is 12.7. The van der Waals surface area contributed by atoms with Gasteiger partial charge in [-0.25, -0.2) is 9.97 Å². The Kier molecular flexibility index (Phi) is 7.08. The number of ketones is 1. The number of hydrogen-bond acceptors (Lipinski definition) is 5. The van der Waals surface area contributed by atoms with Gasteiger partial charge in [0, 0.05) is 41.5 Å². The molecule has 1 aliphatic rings. The van der Waals surface area contributed by atoms with E-state index in [4.69, 9.17) is 23.2 Å². The molecular weight excluding hydrogens is 443 g/mol. The smallest absolute Gasteiger partial charge is 0.227 e. The second-order valence-electron chi connectivity index (χ2n) is 7.81. The van der Waals surface area contributed by atoms with Crippen molar-refractivity contribution in [3.63, 3.8) is 0 Å². The number of hydrogen-bond donors (Lipinski definition) is 1. The van der Waals surface area contributed by atoms with Crippen LogP contribution in [0.15, 0.2) is 61.3 Å². The summed E-state index contributed by atoms with van der Waals surface area (Å²) in [6.45, 7) is 5.69. The highest BCUT2D eigenvalue weighted by Crippen LogP contribution is 2.31. The summed E-state index contributed by atoms with van der Waals surface area (Å²) in [5, 5.41) is 4.19. The Morgan fingerprint density at radius 1 is 1.12 bits per heavy atom. The maximum Gasteiger partial charge on any atom is 0.227 e. The van der Waals surface area contributed by atoms with Crippen molar-refractivity contribution >= 4 is 46.3 Å². The molecule has 0 amide bonds. The first-order chi connectivity index (χ1) is 15.5. The van der Waals surface area contributed by atoms with Crippen LogP contribution in [0, 0.1) is 0 Å². The molecule has 0 radical (unpaired) electrons. The number of carbonyl (C=O) groups is 1.